The molecule has 1 aliphatic rings. The van der Waals surface area contributed by atoms with E-state index in [0.717, 1.165) is 38.3 Å². The van der Waals surface area contributed by atoms with Gasteiger partial charge in [-0.05, 0) is 31.4 Å². The third kappa shape index (κ3) is 4.67. The third-order valence-electron chi connectivity index (χ3n) is 4.01. The van der Waals surface area contributed by atoms with E-state index in [1.54, 1.807) is 12.4 Å². The number of anilines is 1. The maximum atomic E-state index is 12.1. The van der Waals surface area contributed by atoms with Gasteiger partial charge in [0, 0.05) is 37.9 Å². The van der Waals surface area contributed by atoms with Crippen LogP contribution in [-0.2, 0) is 4.79 Å². The fourth-order valence-corrected chi connectivity index (χ4v) is 2.67. The third-order valence-corrected chi connectivity index (χ3v) is 4.01. The van der Waals surface area contributed by atoms with E-state index in [1.165, 1.54) is 0 Å². The van der Waals surface area contributed by atoms with E-state index in [9.17, 15) is 4.79 Å². The molecule has 0 bridgehead atoms. The van der Waals surface area contributed by atoms with Crippen LogP contribution >= 0.6 is 0 Å². The van der Waals surface area contributed by atoms with Gasteiger partial charge in [0.1, 0.15) is 0 Å². The number of aromatic nitrogens is 2. The maximum Gasteiger partial charge on any atom is 0.225 e. The Morgan fingerprint density at radius 2 is 2.29 bits per heavy atom. The molecule has 0 aliphatic carbocycles. The fourth-order valence-electron chi connectivity index (χ4n) is 2.67. The maximum absolute atomic E-state index is 12.1. The van der Waals surface area contributed by atoms with E-state index in [-0.39, 0.29) is 17.9 Å². The standard InChI is InChI=1S/C15H25N5O/c1-2-12(10-16)9-14(21)19-13-5-3-8-20(11-13)15-17-6-4-7-18-15/h4,6-7,12-13H,2-3,5,8-11,16H2,1H3,(H,19,21). The summed E-state index contributed by atoms with van der Waals surface area (Å²) in [5.74, 6) is 1.13. The number of hydrogen-bond donors (Lipinski definition) is 2. The highest BCUT2D eigenvalue weighted by atomic mass is 16.1. The molecule has 1 fully saturated rings. The van der Waals surface area contributed by atoms with Crippen molar-refractivity contribution in [1.82, 2.24) is 15.3 Å². The van der Waals surface area contributed by atoms with E-state index in [2.05, 4.69) is 27.1 Å². The minimum absolute atomic E-state index is 0.105. The van der Waals surface area contributed by atoms with Gasteiger partial charge in [-0.25, -0.2) is 9.97 Å². The Labute approximate surface area is 126 Å². The molecule has 0 aromatic carbocycles. The van der Waals surface area contributed by atoms with E-state index in [0.29, 0.717) is 13.0 Å². The lowest BCUT2D eigenvalue weighted by molar-refractivity contribution is -0.122. The van der Waals surface area contributed by atoms with Gasteiger partial charge < -0.3 is 16.0 Å². The second-order valence-electron chi connectivity index (χ2n) is 5.62. The normalized spacial score (nSPS) is 20.1. The quantitative estimate of drug-likeness (QED) is 0.815. The minimum atomic E-state index is 0.105. The van der Waals surface area contributed by atoms with Gasteiger partial charge in [0.2, 0.25) is 11.9 Å². The highest BCUT2D eigenvalue weighted by Crippen LogP contribution is 2.15. The Bertz CT molecular complexity index is 435. The van der Waals surface area contributed by atoms with Crippen molar-refractivity contribution in [1.29, 1.82) is 0 Å². The Balaban J connectivity index is 1.85. The molecule has 2 rings (SSSR count). The van der Waals surface area contributed by atoms with Gasteiger partial charge in [-0.1, -0.05) is 13.3 Å². The van der Waals surface area contributed by atoms with E-state index in [1.807, 2.05) is 6.07 Å². The molecule has 21 heavy (non-hydrogen) atoms. The van der Waals surface area contributed by atoms with Gasteiger partial charge in [-0.15, -0.1) is 0 Å². The molecule has 1 aliphatic heterocycles. The number of nitrogens with zero attached hydrogens (tertiary/aromatic N) is 3. The number of nitrogens with two attached hydrogens (primary N) is 1. The molecular formula is C15H25N5O. The van der Waals surface area contributed by atoms with E-state index in [4.69, 9.17) is 5.73 Å². The Kier molecular flexibility index (Phi) is 5.92. The largest absolute Gasteiger partial charge is 0.352 e. The molecule has 0 spiro atoms. The second kappa shape index (κ2) is 7.93. The molecule has 116 valence electrons. The highest BCUT2D eigenvalue weighted by Gasteiger charge is 2.23. The number of hydrogen-bond acceptors (Lipinski definition) is 5. The van der Waals surface area contributed by atoms with Crippen LogP contribution < -0.4 is 16.0 Å². The average Bonchev–Trinajstić information content (AvgIpc) is 2.53. The van der Waals surface area contributed by atoms with Gasteiger partial charge in [-0.3, -0.25) is 4.79 Å². The molecule has 0 saturated carbocycles. The summed E-state index contributed by atoms with van der Waals surface area (Å²) in [6.07, 6.45) is 7.00. The summed E-state index contributed by atoms with van der Waals surface area (Å²) in [6, 6.07) is 1.98. The fraction of sp³-hybridized carbons (Fsp3) is 0.667. The molecule has 1 saturated heterocycles. The second-order valence-corrected chi connectivity index (χ2v) is 5.62. The van der Waals surface area contributed by atoms with Gasteiger partial charge in [0.25, 0.3) is 0 Å². The number of nitrogens with one attached hydrogen (secondary N) is 1. The molecular weight excluding hydrogens is 266 g/mol. The summed E-state index contributed by atoms with van der Waals surface area (Å²) in [5, 5.41) is 3.13. The summed E-state index contributed by atoms with van der Waals surface area (Å²) in [7, 11) is 0. The zero-order valence-corrected chi connectivity index (χ0v) is 12.7. The first-order valence-electron chi connectivity index (χ1n) is 7.74. The first kappa shape index (κ1) is 15.7. The van der Waals surface area contributed by atoms with Crippen LogP contribution in [0.4, 0.5) is 5.95 Å². The van der Waals surface area contributed by atoms with Crippen molar-refractivity contribution in [3.63, 3.8) is 0 Å². The predicted molar refractivity (Wildman–Crippen MR) is 82.9 cm³/mol. The smallest absolute Gasteiger partial charge is 0.225 e. The van der Waals surface area contributed by atoms with Crippen LogP contribution in [0.15, 0.2) is 18.5 Å². The van der Waals surface area contributed by atoms with Crippen LogP contribution in [-0.4, -0.2) is 41.6 Å². The van der Waals surface area contributed by atoms with Gasteiger partial charge in [-0.2, -0.15) is 0 Å². The average molecular weight is 291 g/mol. The molecule has 1 aromatic heterocycles. The number of amides is 1. The molecule has 2 heterocycles. The highest BCUT2D eigenvalue weighted by molar-refractivity contribution is 5.76. The minimum Gasteiger partial charge on any atom is -0.352 e. The first-order valence-corrected chi connectivity index (χ1v) is 7.74. The number of carbonyl (C=O) groups excluding carboxylic acids is 1. The summed E-state index contributed by atoms with van der Waals surface area (Å²) < 4.78 is 0. The van der Waals surface area contributed by atoms with Gasteiger partial charge in [0.15, 0.2) is 0 Å². The van der Waals surface area contributed by atoms with Gasteiger partial charge in [0.05, 0.1) is 0 Å². The van der Waals surface area contributed by atoms with Crippen LogP contribution in [0.1, 0.15) is 32.6 Å². The molecule has 1 amide bonds. The monoisotopic (exact) mass is 291 g/mol. The Morgan fingerprint density at radius 1 is 1.52 bits per heavy atom. The topological polar surface area (TPSA) is 84.1 Å². The zero-order valence-electron chi connectivity index (χ0n) is 12.7. The lowest BCUT2D eigenvalue weighted by atomic mass is 10.0. The van der Waals surface area contributed by atoms with E-state index >= 15 is 0 Å². The molecule has 6 heteroatoms. The zero-order chi connectivity index (χ0) is 15.1. The first-order chi connectivity index (χ1) is 10.2. The van der Waals surface area contributed by atoms with Crippen molar-refractivity contribution in [2.45, 2.75) is 38.6 Å². The van der Waals surface area contributed by atoms with Crippen molar-refractivity contribution in [2.75, 3.05) is 24.5 Å². The molecule has 2 unspecified atom stereocenters. The Morgan fingerprint density at radius 3 is 2.95 bits per heavy atom. The molecule has 6 nitrogen and oxygen atoms in total. The molecule has 1 aromatic rings. The van der Waals surface area contributed by atoms with Crippen LogP contribution in [0.3, 0.4) is 0 Å². The van der Waals surface area contributed by atoms with Crippen LogP contribution in [0.25, 0.3) is 0 Å². The van der Waals surface area contributed by atoms with Crippen molar-refractivity contribution in [3.8, 4) is 0 Å². The van der Waals surface area contributed by atoms with Crippen LogP contribution in [0, 0.1) is 5.92 Å². The van der Waals surface area contributed by atoms with E-state index < -0.39 is 0 Å². The molecule has 0 radical (unpaired) electrons. The van der Waals surface area contributed by atoms with Crippen molar-refractivity contribution < 1.29 is 4.79 Å². The van der Waals surface area contributed by atoms with Crippen molar-refractivity contribution in [3.05, 3.63) is 18.5 Å². The lowest BCUT2D eigenvalue weighted by Gasteiger charge is -2.33. The molecule has 2 atom stereocenters. The summed E-state index contributed by atoms with van der Waals surface area (Å²) in [4.78, 5) is 22.8. The lowest BCUT2D eigenvalue weighted by Crippen LogP contribution is -2.48. The van der Waals surface area contributed by atoms with Crippen molar-refractivity contribution >= 4 is 11.9 Å². The summed E-state index contributed by atoms with van der Waals surface area (Å²) >= 11 is 0. The van der Waals surface area contributed by atoms with Crippen LogP contribution in [0.2, 0.25) is 0 Å². The van der Waals surface area contributed by atoms with Gasteiger partial charge >= 0.3 is 0 Å². The predicted octanol–water partition coefficient (Wildman–Crippen LogP) is 0.937. The summed E-state index contributed by atoms with van der Waals surface area (Å²) in [5.41, 5.74) is 5.66. The van der Waals surface area contributed by atoms with Crippen molar-refractivity contribution in [2.24, 2.45) is 11.7 Å². The number of piperidine rings is 1. The molecule has 3 N–H and O–H groups in total. The Hall–Kier alpha value is -1.69. The van der Waals surface area contributed by atoms with Crippen LogP contribution in [0.5, 0.6) is 0 Å². The number of carbonyl (C=O) groups is 1. The summed E-state index contributed by atoms with van der Waals surface area (Å²) in [6.45, 7) is 4.35. The number of rotatable bonds is 6. The SMILES string of the molecule is CCC(CN)CC(=O)NC1CCCN(c2ncccn2)C1.